The Hall–Kier alpha value is -1.79. The van der Waals surface area contributed by atoms with Gasteiger partial charge in [0.05, 0.1) is 11.1 Å². The van der Waals surface area contributed by atoms with Gasteiger partial charge in [-0.15, -0.1) is 0 Å². The Morgan fingerprint density at radius 1 is 1.33 bits per heavy atom. The van der Waals surface area contributed by atoms with Crippen molar-refractivity contribution < 1.29 is 23.8 Å². The number of carbonyl (C=O) groups excluding carboxylic acids is 1. The molecule has 0 heterocycles. The maximum atomic E-state index is 14.6. The van der Waals surface area contributed by atoms with Crippen molar-refractivity contribution in [2.75, 3.05) is 13.2 Å². The molecule has 27 heavy (non-hydrogen) atoms. The number of hydrogen-bond donors (Lipinski definition) is 1. The second-order valence-corrected chi connectivity index (χ2v) is 7.48. The predicted octanol–water partition coefficient (Wildman–Crippen LogP) is 5.60. The first kappa shape index (κ1) is 21.5. The minimum atomic E-state index is -0.637. The van der Waals surface area contributed by atoms with Gasteiger partial charge < -0.3 is 14.6 Å². The fraction of sp³-hybridized carbons (Fsp3) is 0.350. The summed E-state index contributed by atoms with van der Waals surface area (Å²) in [5.41, 5.74) is 2.26. The van der Waals surface area contributed by atoms with Gasteiger partial charge in [0.15, 0.2) is 18.2 Å². The van der Waals surface area contributed by atoms with Crippen LogP contribution in [0.25, 0.3) is 0 Å². The van der Waals surface area contributed by atoms with E-state index in [1.807, 2.05) is 19.9 Å². The number of aromatic hydroxyl groups is 1. The van der Waals surface area contributed by atoms with Crippen LogP contribution in [-0.4, -0.2) is 24.3 Å². The van der Waals surface area contributed by atoms with Gasteiger partial charge in [-0.1, -0.05) is 37.6 Å². The average molecular weight is 460 g/mol. The van der Waals surface area contributed by atoms with Crippen LogP contribution in [0.2, 0.25) is 5.02 Å². The number of benzene rings is 2. The molecular weight excluding hydrogens is 439 g/mol. The molecule has 0 bridgehead atoms. The molecule has 0 atom stereocenters. The zero-order valence-electron chi connectivity index (χ0n) is 15.3. The third kappa shape index (κ3) is 5.36. The van der Waals surface area contributed by atoms with Gasteiger partial charge >= 0.3 is 5.97 Å². The van der Waals surface area contributed by atoms with Gasteiger partial charge in [-0.25, -0.2) is 9.18 Å². The number of phenolic OH excluding ortho intramolecular Hbond substituents is 1. The maximum absolute atomic E-state index is 14.6. The zero-order valence-corrected chi connectivity index (χ0v) is 17.7. The summed E-state index contributed by atoms with van der Waals surface area (Å²) < 4.78 is 24.7. The van der Waals surface area contributed by atoms with Crippen LogP contribution in [0.3, 0.4) is 0 Å². The van der Waals surface area contributed by atoms with Gasteiger partial charge in [0.1, 0.15) is 5.75 Å². The molecule has 0 aliphatic rings. The Bertz CT molecular complexity index is 839. The lowest BCUT2D eigenvalue weighted by Crippen LogP contribution is -2.15. The summed E-state index contributed by atoms with van der Waals surface area (Å²) in [4.78, 5) is 11.4. The largest absolute Gasteiger partial charge is 0.508 e. The molecule has 2 rings (SSSR count). The van der Waals surface area contributed by atoms with E-state index in [4.69, 9.17) is 21.1 Å². The first-order valence-corrected chi connectivity index (χ1v) is 9.68. The topological polar surface area (TPSA) is 55.8 Å². The molecule has 0 saturated heterocycles. The summed E-state index contributed by atoms with van der Waals surface area (Å²) in [5, 5.41) is 10.3. The molecule has 4 nitrogen and oxygen atoms in total. The van der Waals surface area contributed by atoms with Crippen LogP contribution in [0.5, 0.6) is 11.5 Å². The van der Waals surface area contributed by atoms with Crippen molar-refractivity contribution >= 4 is 33.5 Å². The van der Waals surface area contributed by atoms with Crippen LogP contribution >= 0.6 is 27.5 Å². The first-order chi connectivity index (χ1) is 12.7. The van der Waals surface area contributed by atoms with Crippen molar-refractivity contribution in [3.8, 4) is 11.5 Å². The fourth-order valence-corrected chi connectivity index (χ4v) is 3.52. The molecule has 0 aliphatic carbocycles. The molecule has 0 saturated carbocycles. The minimum absolute atomic E-state index is 0.128. The summed E-state index contributed by atoms with van der Waals surface area (Å²) in [6.45, 7) is 5.46. The highest BCUT2D eigenvalue weighted by Gasteiger charge is 2.19. The lowest BCUT2D eigenvalue weighted by Gasteiger charge is -2.15. The zero-order chi connectivity index (χ0) is 20.1. The van der Waals surface area contributed by atoms with Crippen molar-refractivity contribution in [2.45, 2.75) is 33.1 Å². The van der Waals surface area contributed by atoms with Crippen LogP contribution in [0.1, 0.15) is 43.4 Å². The molecule has 0 radical (unpaired) electrons. The summed E-state index contributed by atoms with van der Waals surface area (Å²) in [5.74, 6) is -0.968. The third-order valence-electron chi connectivity index (χ3n) is 3.97. The molecule has 2 aromatic carbocycles. The SMILES string of the molecule is CCOC(=O)COc1cc(Cl)c(Cc2ccc(O)c(C(C)C)c2)c(Br)c1F. The molecule has 1 N–H and O–H groups in total. The first-order valence-electron chi connectivity index (χ1n) is 8.51. The van der Waals surface area contributed by atoms with Crippen molar-refractivity contribution in [2.24, 2.45) is 0 Å². The van der Waals surface area contributed by atoms with E-state index in [9.17, 15) is 14.3 Å². The Kier molecular flexibility index (Phi) is 7.50. The number of hydrogen-bond acceptors (Lipinski definition) is 4. The van der Waals surface area contributed by atoms with E-state index in [0.29, 0.717) is 17.0 Å². The van der Waals surface area contributed by atoms with E-state index >= 15 is 0 Å². The monoisotopic (exact) mass is 458 g/mol. The smallest absolute Gasteiger partial charge is 0.344 e. The van der Waals surface area contributed by atoms with Crippen molar-refractivity contribution in [1.82, 2.24) is 0 Å². The molecule has 0 spiro atoms. The second-order valence-electron chi connectivity index (χ2n) is 6.28. The van der Waals surface area contributed by atoms with Crippen molar-refractivity contribution in [3.05, 3.63) is 56.3 Å². The van der Waals surface area contributed by atoms with Gasteiger partial charge in [0.2, 0.25) is 0 Å². The molecule has 2 aromatic rings. The van der Waals surface area contributed by atoms with Crippen LogP contribution in [-0.2, 0) is 16.0 Å². The van der Waals surface area contributed by atoms with Gasteiger partial charge in [0, 0.05) is 17.5 Å². The van der Waals surface area contributed by atoms with Crippen LogP contribution in [0, 0.1) is 5.82 Å². The third-order valence-corrected chi connectivity index (χ3v) is 5.13. The Morgan fingerprint density at radius 3 is 2.67 bits per heavy atom. The fourth-order valence-electron chi connectivity index (χ4n) is 2.60. The Balaban J connectivity index is 2.27. The molecular formula is C20H21BrClFO4. The van der Waals surface area contributed by atoms with E-state index < -0.39 is 18.4 Å². The van der Waals surface area contributed by atoms with Gasteiger partial charge in [-0.05, 0) is 51.5 Å². The predicted molar refractivity (Wildman–Crippen MR) is 106 cm³/mol. The standard InChI is InChI=1S/C20H21BrClFO4/c1-4-26-18(25)10-27-17-9-15(22)14(19(21)20(17)23)8-12-5-6-16(24)13(7-12)11(2)3/h5-7,9,11,24H,4,8,10H2,1-3H3. The second kappa shape index (κ2) is 9.42. The molecule has 7 heteroatoms. The van der Waals surface area contributed by atoms with E-state index in [1.54, 1.807) is 19.1 Å². The quantitative estimate of drug-likeness (QED) is 0.432. The normalized spacial score (nSPS) is 10.9. The highest BCUT2D eigenvalue weighted by atomic mass is 79.9. The van der Waals surface area contributed by atoms with Crippen molar-refractivity contribution in [3.63, 3.8) is 0 Å². The summed E-state index contributed by atoms with van der Waals surface area (Å²) in [6.07, 6.45) is 0.370. The molecule has 146 valence electrons. The highest BCUT2D eigenvalue weighted by Crippen LogP contribution is 2.37. The van der Waals surface area contributed by atoms with Gasteiger partial charge in [0.25, 0.3) is 0 Å². The summed E-state index contributed by atoms with van der Waals surface area (Å²) >= 11 is 9.56. The number of esters is 1. The average Bonchev–Trinajstić information content (AvgIpc) is 2.62. The van der Waals surface area contributed by atoms with Crippen LogP contribution in [0.4, 0.5) is 4.39 Å². The maximum Gasteiger partial charge on any atom is 0.344 e. The van der Waals surface area contributed by atoms with Crippen LogP contribution in [0.15, 0.2) is 28.7 Å². The van der Waals surface area contributed by atoms with E-state index in [-0.39, 0.29) is 28.5 Å². The molecule has 0 fully saturated rings. The van der Waals surface area contributed by atoms with E-state index in [1.165, 1.54) is 6.07 Å². The number of ether oxygens (including phenoxy) is 2. The Labute approximate surface area is 171 Å². The van der Waals surface area contributed by atoms with Gasteiger partial charge in [-0.3, -0.25) is 0 Å². The molecule has 0 unspecified atom stereocenters. The van der Waals surface area contributed by atoms with E-state index in [0.717, 1.165) is 11.1 Å². The lowest BCUT2D eigenvalue weighted by molar-refractivity contribution is -0.145. The highest BCUT2D eigenvalue weighted by molar-refractivity contribution is 9.10. The van der Waals surface area contributed by atoms with Crippen molar-refractivity contribution in [1.29, 1.82) is 0 Å². The number of carbonyl (C=O) groups is 1. The Morgan fingerprint density at radius 2 is 2.04 bits per heavy atom. The van der Waals surface area contributed by atoms with E-state index in [2.05, 4.69) is 15.9 Å². The number of halogens is 3. The summed E-state index contributed by atoms with van der Waals surface area (Å²) in [7, 11) is 0. The molecule has 0 amide bonds. The van der Waals surface area contributed by atoms with Gasteiger partial charge in [-0.2, -0.15) is 0 Å². The van der Waals surface area contributed by atoms with Crippen LogP contribution < -0.4 is 4.74 Å². The number of rotatable bonds is 7. The molecule has 0 aliphatic heterocycles. The minimum Gasteiger partial charge on any atom is -0.508 e. The lowest BCUT2D eigenvalue weighted by atomic mass is 9.96. The summed E-state index contributed by atoms with van der Waals surface area (Å²) in [6, 6.07) is 6.62. The number of phenols is 1. The molecule has 0 aromatic heterocycles.